The van der Waals surface area contributed by atoms with Crippen LogP contribution in [-0.4, -0.2) is 50.1 Å². The number of hydrogen-bond donors (Lipinski definition) is 2. The van der Waals surface area contributed by atoms with E-state index >= 15 is 0 Å². The van der Waals surface area contributed by atoms with E-state index in [2.05, 4.69) is 15.5 Å². The molecule has 76 valence electrons. The average molecular weight is 185 g/mol. The minimum Gasteiger partial charge on any atom is -0.355 e. The summed E-state index contributed by atoms with van der Waals surface area (Å²) >= 11 is 0. The number of carbonyl (C=O) groups is 1. The van der Waals surface area contributed by atoms with Gasteiger partial charge in [0.25, 0.3) is 0 Å². The van der Waals surface area contributed by atoms with Gasteiger partial charge in [0.15, 0.2) is 0 Å². The van der Waals surface area contributed by atoms with E-state index in [4.69, 9.17) is 0 Å². The van der Waals surface area contributed by atoms with E-state index in [0.717, 1.165) is 39.3 Å². The summed E-state index contributed by atoms with van der Waals surface area (Å²) in [6.45, 7) is 7.74. The molecule has 2 N–H and O–H groups in total. The highest BCUT2D eigenvalue weighted by molar-refractivity contribution is 5.72. The lowest BCUT2D eigenvalue weighted by Gasteiger charge is -2.18. The molecule has 1 rings (SSSR count). The lowest BCUT2D eigenvalue weighted by Crippen LogP contribution is -2.35. The lowest BCUT2D eigenvalue weighted by atomic mass is 10.4. The lowest BCUT2D eigenvalue weighted by molar-refractivity contribution is -0.119. The van der Waals surface area contributed by atoms with Crippen molar-refractivity contribution in [2.75, 3.05) is 39.3 Å². The molecule has 1 aliphatic heterocycles. The molecule has 1 fully saturated rings. The van der Waals surface area contributed by atoms with Gasteiger partial charge in [0.2, 0.25) is 5.91 Å². The number of rotatable bonds is 3. The van der Waals surface area contributed by atoms with Gasteiger partial charge in [-0.05, 0) is 19.5 Å². The zero-order valence-electron chi connectivity index (χ0n) is 8.31. The standard InChI is InChI=1S/C9H19N3O/c1-9(13)11-5-8-12-6-2-3-10-4-7-12/h10H,2-8H2,1H3,(H,11,13). The number of nitrogens with one attached hydrogen (secondary N) is 2. The van der Waals surface area contributed by atoms with Crippen LogP contribution in [0.3, 0.4) is 0 Å². The van der Waals surface area contributed by atoms with E-state index in [9.17, 15) is 4.79 Å². The summed E-state index contributed by atoms with van der Waals surface area (Å²) in [6, 6.07) is 0. The van der Waals surface area contributed by atoms with Crippen LogP contribution >= 0.6 is 0 Å². The van der Waals surface area contributed by atoms with Crippen LogP contribution in [0, 0.1) is 0 Å². The second-order valence-corrected chi connectivity index (χ2v) is 3.43. The normalized spacial score (nSPS) is 19.5. The molecule has 0 bridgehead atoms. The van der Waals surface area contributed by atoms with Crippen molar-refractivity contribution in [1.82, 2.24) is 15.5 Å². The van der Waals surface area contributed by atoms with E-state index in [1.165, 1.54) is 6.42 Å². The van der Waals surface area contributed by atoms with Gasteiger partial charge in [0.05, 0.1) is 0 Å². The molecule has 0 radical (unpaired) electrons. The molecule has 13 heavy (non-hydrogen) atoms. The third kappa shape index (κ3) is 4.85. The molecule has 1 saturated heterocycles. The molecule has 0 aromatic carbocycles. The van der Waals surface area contributed by atoms with Crippen molar-refractivity contribution in [3.8, 4) is 0 Å². The third-order valence-corrected chi connectivity index (χ3v) is 2.23. The van der Waals surface area contributed by atoms with Gasteiger partial charge in [-0.1, -0.05) is 0 Å². The highest BCUT2D eigenvalue weighted by atomic mass is 16.1. The molecular weight excluding hydrogens is 166 g/mol. The molecule has 0 spiro atoms. The van der Waals surface area contributed by atoms with Crippen LogP contribution in [-0.2, 0) is 4.79 Å². The first-order valence-corrected chi connectivity index (χ1v) is 4.96. The van der Waals surface area contributed by atoms with Gasteiger partial charge in [-0.3, -0.25) is 4.79 Å². The second kappa shape index (κ2) is 5.94. The summed E-state index contributed by atoms with van der Waals surface area (Å²) in [5.74, 6) is 0.0629. The van der Waals surface area contributed by atoms with Crippen LogP contribution < -0.4 is 10.6 Å². The number of hydrogen-bond acceptors (Lipinski definition) is 3. The molecule has 1 aliphatic rings. The molecule has 1 amide bonds. The van der Waals surface area contributed by atoms with Crippen molar-refractivity contribution in [3.63, 3.8) is 0 Å². The van der Waals surface area contributed by atoms with Crippen molar-refractivity contribution < 1.29 is 4.79 Å². The van der Waals surface area contributed by atoms with Crippen molar-refractivity contribution >= 4 is 5.91 Å². The Morgan fingerprint density at radius 3 is 3.08 bits per heavy atom. The largest absolute Gasteiger partial charge is 0.355 e. The topological polar surface area (TPSA) is 44.4 Å². The zero-order chi connectivity index (χ0) is 9.52. The Bertz CT molecular complexity index is 153. The first-order valence-electron chi connectivity index (χ1n) is 4.96. The second-order valence-electron chi connectivity index (χ2n) is 3.43. The summed E-state index contributed by atoms with van der Waals surface area (Å²) < 4.78 is 0. The maximum atomic E-state index is 10.6. The van der Waals surface area contributed by atoms with Crippen molar-refractivity contribution in [2.45, 2.75) is 13.3 Å². The van der Waals surface area contributed by atoms with Crippen LogP contribution in [0.25, 0.3) is 0 Å². The fraction of sp³-hybridized carbons (Fsp3) is 0.889. The molecule has 0 saturated carbocycles. The molecule has 0 aliphatic carbocycles. The first kappa shape index (κ1) is 10.5. The van der Waals surface area contributed by atoms with Crippen LogP contribution in [0.5, 0.6) is 0 Å². The highest BCUT2D eigenvalue weighted by Gasteiger charge is 2.07. The molecule has 0 aromatic heterocycles. The molecule has 4 nitrogen and oxygen atoms in total. The molecule has 0 aromatic rings. The smallest absolute Gasteiger partial charge is 0.216 e. The minimum absolute atomic E-state index is 0.0629. The minimum atomic E-state index is 0.0629. The number of carbonyl (C=O) groups excluding carboxylic acids is 1. The fourth-order valence-corrected chi connectivity index (χ4v) is 1.52. The van der Waals surface area contributed by atoms with Crippen LogP contribution in [0.4, 0.5) is 0 Å². The summed E-state index contributed by atoms with van der Waals surface area (Å²) in [6.07, 6.45) is 1.21. The maximum absolute atomic E-state index is 10.6. The molecule has 4 heteroatoms. The van der Waals surface area contributed by atoms with Gasteiger partial charge in [0.1, 0.15) is 0 Å². The zero-order valence-corrected chi connectivity index (χ0v) is 8.31. The number of nitrogens with zero attached hydrogens (tertiary/aromatic N) is 1. The van der Waals surface area contributed by atoms with Gasteiger partial charge < -0.3 is 15.5 Å². The van der Waals surface area contributed by atoms with Crippen LogP contribution in [0.15, 0.2) is 0 Å². The van der Waals surface area contributed by atoms with E-state index < -0.39 is 0 Å². The predicted molar refractivity (Wildman–Crippen MR) is 52.6 cm³/mol. The van der Waals surface area contributed by atoms with Crippen LogP contribution in [0.2, 0.25) is 0 Å². The van der Waals surface area contributed by atoms with Gasteiger partial charge in [-0.2, -0.15) is 0 Å². The van der Waals surface area contributed by atoms with Gasteiger partial charge in [0, 0.05) is 33.1 Å². The van der Waals surface area contributed by atoms with Gasteiger partial charge in [-0.25, -0.2) is 0 Å². The Hall–Kier alpha value is -0.610. The highest BCUT2D eigenvalue weighted by Crippen LogP contribution is 1.93. The van der Waals surface area contributed by atoms with Crippen molar-refractivity contribution in [1.29, 1.82) is 0 Å². The Labute approximate surface area is 79.7 Å². The third-order valence-electron chi connectivity index (χ3n) is 2.23. The quantitative estimate of drug-likeness (QED) is 0.618. The van der Waals surface area contributed by atoms with E-state index in [1.807, 2.05) is 0 Å². The fourth-order valence-electron chi connectivity index (χ4n) is 1.52. The molecule has 0 unspecified atom stereocenters. The first-order chi connectivity index (χ1) is 6.29. The number of amides is 1. The Kier molecular flexibility index (Phi) is 4.78. The average Bonchev–Trinajstić information content (AvgIpc) is 2.32. The van der Waals surface area contributed by atoms with Gasteiger partial charge in [-0.15, -0.1) is 0 Å². The van der Waals surface area contributed by atoms with Crippen molar-refractivity contribution in [2.24, 2.45) is 0 Å². The summed E-state index contributed by atoms with van der Waals surface area (Å²) in [7, 11) is 0. The Morgan fingerprint density at radius 2 is 2.31 bits per heavy atom. The van der Waals surface area contributed by atoms with Crippen molar-refractivity contribution in [3.05, 3.63) is 0 Å². The SMILES string of the molecule is CC(=O)NCCN1CCCNCC1. The Morgan fingerprint density at radius 1 is 1.46 bits per heavy atom. The summed E-state index contributed by atoms with van der Waals surface area (Å²) in [5, 5.41) is 6.16. The monoisotopic (exact) mass is 185 g/mol. The molecule has 0 atom stereocenters. The van der Waals surface area contributed by atoms with Crippen LogP contribution in [0.1, 0.15) is 13.3 Å². The maximum Gasteiger partial charge on any atom is 0.216 e. The van der Waals surface area contributed by atoms with E-state index in [1.54, 1.807) is 6.92 Å². The molecule has 1 heterocycles. The van der Waals surface area contributed by atoms with E-state index in [-0.39, 0.29) is 5.91 Å². The summed E-state index contributed by atoms with van der Waals surface area (Å²) in [4.78, 5) is 13.0. The van der Waals surface area contributed by atoms with Gasteiger partial charge >= 0.3 is 0 Å². The predicted octanol–water partition coefficient (Wildman–Crippen LogP) is -0.582. The molecular formula is C9H19N3O. The van der Waals surface area contributed by atoms with E-state index in [0.29, 0.717) is 0 Å². The summed E-state index contributed by atoms with van der Waals surface area (Å²) in [5.41, 5.74) is 0. The Balaban J connectivity index is 2.08.